The van der Waals surface area contributed by atoms with Crippen molar-refractivity contribution < 1.29 is 42.7 Å². The summed E-state index contributed by atoms with van der Waals surface area (Å²) >= 11 is 0. The number of nitrogens with two attached hydrogens (primary N) is 1. The van der Waals surface area contributed by atoms with Gasteiger partial charge in [0.1, 0.15) is 6.61 Å². The topological polar surface area (TPSA) is 155 Å². The lowest BCUT2D eigenvalue weighted by molar-refractivity contribution is -0.161. The molecule has 0 amide bonds. The molecule has 0 aliphatic heterocycles. The molecule has 2 unspecified atom stereocenters. The van der Waals surface area contributed by atoms with Gasteiger partial charge in [0.25, 0.3) is 0 Å². The zero-order valence-corrected chi connectivity index (χ0v) is 35.1. The van der Waals surface area contributed by atoms with E-state index in [2.05, 4.69) is 68.5 Å². The third-order valence-electron chi connectivity index (χ3n) is 7.72. The van der Waals surface area contributed by atoms with Crippen LogP contribution < -0.4 is 5.73 Å². The van der Waals surface area contributed by atoms with Gasteiger partial charge < -0.3 is 25.2 Å². The molecule has 56 heavy (non-hydrogen) atoms. The second kappa shape index (κ2) is 39.8. The fourth-order valence-corrected chi connectivity index (χ4v) is 5.45. The van der Waals surface area contributed by atoms with Gasteiger partial charge in [-0.15, -0.1) is 0 Å². The van der Waals surface area contributed by atoms with Gasteiger partial charge in [-0.25, -0.2) is 4.57 Å². The molecule has 0 aliphatic carbocycles. The Bertz CT molecular complexity index is 1300. The summed E-state index contributed by atoms with van der Waals surface area (Å²) in [7, 11) is -4.43. The molecule has 0 saturated carbocycles. The molecule has 3 atom stereocenters. The molecule has 0 rings (SSSR count). The van der Waals surface area contributed by atoms with Crippen molar-refractivity contribution >= 4 is 19.8 Å². The number of hydrogen-bond donors (Lipinski definition) is 3. The van der Waals surface area contributed by atoms with Crippen molar-refractivity contribution in [1.29, 1.82) is 0 Å². The SMILES string of the molecule is CC/C=C\C/C=C\CC(O)/C=C/C=C\C/C=C\CCCC(=O)O[C@H](COC(=O)CCC/C=C\C/C=C\C/C=C\C/C=C\CCCCC)COP(=O)(O)OCCN. The Kier molecular flexibility index (Phi) is 37.5. The van der Waals surface area contributed by atoms with E-state index in [-0.39, 0.29) is 32.6 Å². The maximum atomic E-state index is 12.5. The number of phosphoric ester groups is 1. The number of aliphatic hydroxyl groups excluding tert-OH is 1. The maximum Gasteiger partial charge on any atom is 0.472 e. The van der Waals surface area contributed by atoms with E-state index in [1.165, 1.54) is 19.3 Å². The number of carbonyl (C=O) groups is 2. The van der Waals surface area contributed by atoms with Crippen molar-refractivity contribution in [3.63, 3.8) is 0 Å². The first-order valence-electron chi connectivity index (χ1n) is 20.5. The predicted octanol–water partition coefficient (Wildman–Crippen LogP) is 10.6. The van der Waals surface area contributed by atoms with Gasteiger partial charge in [-0.1, -0.05) is 136 Å². The van der Waals surface area contributed by atoms with Crippen LogP contribution in [0.4, 0.5) is 0 Å². The maximum absolute atomic E-state index is 12.5. The lowest BCUT2D eigenvalue weighted by Crippen LogP contribution is -2.29. The first-order chi connectivity index (χ1) is 27.2. The molecule has 0 fully saturated rings. The fraction of sp³-hybridized carbons (Fsp3) is 0.556. The van der Waals surface area contributed by atoms with Crippen molar-refractivity contribution in [3.05, 3.63) is 109 Å². The van der Waals surface area contributed by atoms with Gasteiger partial charge in [0.05, 0.1) is 19.3 Å². The Balaban J connectivity index is 4.48. The van der Waals surface area contributed by atoms with Crippen LogP contribution in [0.25, 0.3) is 0 Å². The number of hydrogen-bond acceptors (Lipinski definition) is 9. The summed E-state index contributed by atoms with van der Waals surface area (Å²) in [6.45, 7) is 3.32. The van der Waals surface area contributed by atoms with Gasteiger partial charge >= 0.3 is 19.8 Å². The minimum atomic E-state index is -4.43. The highest BCUT2D eigenvalue weighted by Gasteiger charge is 2.25. The van der Waals surface area contributed by atoms with E-state index in [0.717, 1.165) is 38.5 Å². The molecule has 11 heteroatoms. The smallest absolute Gasteiger partial charge is 0.462 e. The molecule has 0 spiro atoms. The van der Waals surface area contributed by atoms with Crippen LogP contribution in [-0.4, -0.2) is 60.5 Å². The fourth-order valence-electron chi connectivity index (χ4n) is 4.69. The summed E-state index contributed by atoms with van der Waals surface area (Å²) in [5.41, 5.74) is 5.33. The van der Waals surface area contributed by atoms with E-state index < -0.39 is 38.6 Å². The van der Waals surface area contributed by atoms with E-state index in [0.29, 0.717) is 38.5 Å². The van der Waals surface area contributed by atoms with Gasteiger partial charge in [-0.05, 0) is 83.5 Å². The first kappa shape index (κ1) is 52.6. The van der Waals surface area contributed by atoms with E-state index in [1.807, 2.05) is 48.6 Å². The quantitative estimate of drug-likeness (QED) is 0.0183. The van der Waals surface area contributed by atoms with Gasteiger partial charge in [-0.3, -0.25) is 18.6 Å². The van der Waals surface area contributed by atoms with Gasteiger partial charge in [0.2, 0.25) is 0 Å². The highest BCUT2D eigenvalue weighted by Crippen LogP contribution is 2.43. The summed E-state index contributed by atoms with van der Waals surface area (Å²) < 4.78 is 32.6. The van der Waals surface area contributed by atoms with Crippen LogP contribution in [0.15, 0.2) is 109 Å². The molecule has 0 radical (unpaired) electrons. The number of ether oxygens (including phenoxy) is 2. The van der Waals surface area contributed by atoms with Crippen LogP contribution >= 0.6 is 7.82 Å². The zero-order valence-electron chi connectivity index (χ0n) is 34.2. The highest BCUT2D eigenvalue weighted by atomic mass is 31.2. The van der Waals surface area contributed by atoms with Crippen LogP contribution in [0.5, 0.6) is 0 Å². The van der Waals surface area contributed by atoms with Crippen LogP contribution in [0, 0.1) is 0 Å². The molecule has 316 valence electrons. The van der Waals surface area contributed by atoms with E-state index in [9.17, 15) is 24.2 Å². The van der Waals surface area contributed by atoms with Crippen molar-refractivity contribution in [2.45, 2.75) is 135 Å². The van der Waals surface area contributed by atoms with Gasteiger partial charge in [0.15, 0.2) is 6.10 Å². The minimum absolute atomic E-state index is 0.0206. The zero-order chi connectivity index (χ0) is 41.2. The molecule has 0 bridgehead atoms. The molecule has 0 heterocycles. The molecule has 10 nitrogen and oxygen atoms in total. The molecule has 0 aromatic heterocycles. The summed E-state index contributed by atoms with van der Waals surface area (Å²) in [6.07, 6.45) is 48.8. The van der Waals surface area contributed by atoms with Gasteiger partial charge in [-0.2, -0.15) is 0 Å². The summed E-state index contributed by atoms with van der Waals surface area (Å²) in [6, 6.07) is 0. The average Bonchev–Trinajstić information content (AvgIpc) is 3.18. The minimum Gasteiger partial charge on any atom is -0.462 e. The molecule has 0 aromatic rings. The lowest BCUT2D eigenvalue weighted by Gasteiger charge is -2.19. The van der Waals surface area contributed by atoms with Gasteiger partial charge in [0, 0.05) is 19.4 Å². The Morgan fingerprint density at radius 3 is 1.77 bits per heavy atom. The molecule has 0 aromatic carbocycles. The first-order valence-corrected chi connectivity index (χ1v) is 22.0. The predicted molar refractivity (Wildman–Crippen MR) is 230 cm³/mol. The van der Waals surface area contributed by atoms with Crippen molar-refractivity contribution in [2.75, 3.05) is 26.4 Å². The van der Waals surface area contributed by atoms with Crippen LogP contribution in [0.3, 0.4) is 0 Å². The van der Waals surface area contributed by atoms with Crippen LogP contribution in [-0.2, 0) is 32.7 Å². The van der Waals surface area contributed by atoms with E-state index in [4.69, 9.17) is 24.3 Å². The monoisotopic (exact) mass is 801 g/mol. The van der Waals surface area contributed by atoms with Crippen LogP contribution in [0.1, 0.15) is 123 Å². The molecular formula is C45H72NO9P. The largest absolute Gasteiger partial charge is 0.472 e. The highest BCUT2D eigenvalue weighted by molar-refractivity contribution is 7.47. The van der Waals surface area contributed by atoms with Crippen molar-refractivity contribution in [3.8, 4) is 0 Å². The summed E-state index contributed by atoms with van der Waals surface area (Å²) in [4.78, 5) is 34.8. The number of rotatable bonds is 36. The third kappa shape index (κ3) is 38.9. The van der Waals surface area contributed by atoms with E-state index in [1.54, 1.807) is 6.08 Å². The molecule has 4 N–H and O–H groups in total. The Morgan fingerprint density at radius 2 is 1.18 bits per heavy atom. The van der Waals surface area contributed by atoms with E-state index >= 15 is 0 Å². The number of aliphatic hydroxyl groups is 1. The summed E-state index contributed by atoms with van der Waals surface area (Å²) in [5, 5.41) is 10.0. The Labute approximate surface area is 338 Å². The number of esters is 2. The number of allylic oxidation sites excluding steroid dienone is 16. The van der Waals surface area contributed by atoms with Crippen LogP contribution in [0.2, 0.25) is 0 Å². The Hall–Kier alpha value is -3.37. The molecular weight excluding hydrogens is 729 g/mol. The second-order valence-corrected chi connectivity index (χ2v) is 14.4. The molecule has 0 saturated heterocycles. The normalized spacial score (nSPS) is 15.0. The third-order valence-corrected chi connectivity index (χ3v) is 8.71. The standard InChI is InChI=1S/C45H72NO9P/c1-3-5-7-9-11-12-13-14-15-16-17-18-19-20-24-28-32-36-44(48)52-40-43(41-54-56(50,51)53-39-38-46)55-45(49)37-33-29-25-22-21-23-27-31-35-42(47)34-30-26-10-8-6-4-2/h6,8,11-12,14-15,17-18,20,22-27,30-31,35,42-43,47H,3-5,7,9-10,13,16,19,21,28-29,32-34,36-41,46H2,1-2H3,(H,50,51)/b8-6-,12-11-,15-14-,18-17-,24-20-,25-22-,27-23-,30-26-,35-31+/t42?,43-/m1/s1. The average molecular weight is 802 g/mol. The number of carbonyl (C=O) groups excluding carboxylic acids is 2. The lowest BCUT2D eigenvalue weighted by atomic mass is 10.2. The molecule has 0 aliphatic rings. The van der Waals surface area contributed by atoms with Crippen molar-refractivity contribution in [1.82, 2.24) is 0 Å². The second-order valence-electron chi connectivity index (χ2n) is 13.0. The number of phosphoric acid groups is 1. The Morgan fingerprint density at radius 1 is 0.643 bits per heavy atom. The summed E-state index contributed by atoms with van der Waals surface area (Å²) in [5.74, 6) is -1.02. The number of unbranched alkanes of at least 4 members (excludes halogenated alkanes) is 5. The van der Waals surface area contributed by atoms with Crippen molar-refractivity contribution in [2.24, 2.45) is 5.73 Å².